The molecular weight excluding hydrogens is 266 g/mol. The Bertz CT molecular complexity index is 736. The minimum absolute atomic E-state index is 0.0495. The zero-order valence-electron chi connectivity index (χ0n) is 11.7. The number of pyridine rings is 1. The molecule has 0 fully saturated rings. The molecule has 0 saturated heterocycles. The van der Waals surface area contributed by atoms with E-state index in [1.165, 1.54) is 10.6 Å². The molecule has 1 aliphatic heterocycles. The van der Waals surface area contributed by atoms with Crippen molar-refractivity contribution in [2.24, 2.45) is 0 Å². The summed E-state index contributed by atoms with van der Waals surface area (Å²) in [6, 6.07) is 10.5. The van der Waals surface area contributed by atoms with Crippen LogP contribution in [0.4, 0.5) is 11.4 Å². The van der Waals surface area contributed by atoms with Crippen LogP contribution >= 0.6 is 0 Å². The molecule has 108 valence electrons. The number of nitrogens with two attached hydrogens (primary N) is 1. The van der Waals surface area contributed by atoms with Gasteiger partial charge in [0.2, 0.25) is 5.91 Å². The fraction of sp³-hybridized carbons (Fsp3) is 0.250. The van der Waals surface area contributed by atoms with Crippen molar-refractivity contribution in [3.05, 3.63) is 58.5 Å². The van der Waals surface area contributed by atoms with Crippen LogP contribution in [0.3, 0.4) is 0 Å². The number of carbonyl (C=O) groups excluding carboxylic acids is 1. The van der Waals surface area contributed by atoms with E-state index in [9.17, 15) is 9.59 Å². The van der Waals surface area contributed by atoms with Crippen LogP contribution in [0.5, 0.6) is 0 Å². The first kappa shape index (κ1) is 13.4. The second-order valence-corrected chi connectivity index (χ2v) is 5.16. The molecule has 1 aliphatic rings. The fourth-order valence-electron chi connectivity index (χ4n) is 2.73. The van der Waals surface area contributed by atoms with Gasteiger partial charge in [-0.25, -0.2) is 0 Å². The molecular formula is C16H17N3O2. The number of fused-ring (bicyclic) bond motifs is 1. The van der Waals surface area contributed by atoms with Gasteiger partial charge in [-0.1, -0.05) is 12.1 Å². The number of nitrogen functional groups attached to an aromatic ring is 1. The van der Waals surface area contributed by atoms with Crippen LogP contribution in [-0.2, 0) is 17.8 Å². The molecule has 5 heteroatoms. The second-order valence-electron chi connectivity index (χ2n) is 5.16. The first-order valence-electron chi connectivity index (χ1n) is 7.00. The van der Waals surface area contributed by atoms with Gasteiger partial charge in [0.1, 0.15) is 6.54 Å². The number of hydrogen-bond acceptors (Lipinski definition) is 3. The topological polar surface area (TPSA) is 68.3 Å². The molecule has 1 aromatic heterocycles. The molecule has 0 atom stereocenters. The maximum Gasteiger partial charge on any atom is 0.250 e. The third kappa shape index (κ3) is 2.54. The number of amides is 1. The van der Waals surface area contributed by atoms with E-state index in [0.29, 0.717) is 6.54 Å². The van der Waals surface area contributed by atoms with Crippen molar-refractivity contribution < 1.29 is 4.79 Å². The average molecular weight is 283 g/mol. The van der Waals surface area contributed by atoms with Crippen LogP contribution in [0, 0.1) is 0 Å². The molecule has 1 aromatic carbocycles. The lowest BCUT2D eigenvalue weighted by Crippen LogP contribution is -2.39. The van der Waals surface area contributed by atoms with Crippen molar-refractivity contribution in [2.45, 2.75) is 19.4 Å². The largest absolute Gasteiger partial charge is 0.398 e. The summed E-state index contributed by atoms with van der Waals surface area (Å²) in [6.07, 6.45) is 3.40. The van der Waals surface area contributed by atoms with E-state index in [1.807, 2.05) is 18.2 Å². The second kappa shape index (κ2) is 5.44. The lowest BCUT2D eigenvalue weighted by molar-refractivity contribution is -0.119. The summed E-state index contributed by atoms with van der Waals surface area (Å²) in [4.78, 5) is 26.0. The quantitative estimate of drug-likeness (QED) is 0.847. The fourth-order valence-corrected chi connectivity index (χ4v) is 2.73. The van der Waals surface area contributed by atoms with Crippen LogP contribution in [0.25, 0.3) is 0 Å². The Kier molecular flexibility index (Phi) is 3.48. The van der Waals surface area contributed by atoms with Crippen LogP contribution in [0.15, 0.2) is 47.4 Å². The molecule has 2 heterocycles. The molecule has 21 heavy (non-hydrogen) atoms. The van der Waals surface area contributed by atoms with Gasteiger partial charge in [0.25, 0.3) is 5.56 Å². The van der Waals surface area contributed by atoms with E-state index in [1.54, 1.807) is 23.2 Å². The molecule has 0 unspecified atom stereocenters. The zero-order valence-corrected chi connectivity index (χ0v) is 11.7. The maximum absolute atomic E-state index is 12.5. The summed E-state index contributed by atoms with van der Waals surface area (Å²) in [7, 11) is 0. The third-order valence-corrected chi connectivity index (χ3v) is 3.79. The van der Waals surface area contributed by atoms with Crippen molar-refractivity contribution in [3.63, 3.8) is 0 Å². The predicted octanol–water partition coefficient (Wildman–Crippen LogP) is 1.41. The van der Waals surface area contributed by atoms with Crippen molar-refractivity contribution in [3.8, 4) is 0 Å². The molecule has 0 radical (unpaired) electrons. The number of nitrogens with zero attached hydrogens (tertiary/aromatic N) is 2. The Morgan fingerprint density at radius 3 is 2.86 bits per heavy atom. The maximum atomic E-state index is 12.5. The van der Waals surface area contributed by atoms with Gasteiger partial charge in [-0.15, -0.1) is 0 Å². The zero-order chi connectivity index (χ0) is 14.8. The monoisotopic (exact) mass is 283 g/mol. The normalized spacial score (nSPS) is 13.8. The standard InChI is InChI=1S/C16H17N3O2/c17-13-6-3-7-14-12(13)5-4-10-19(14)16(21)11-18-9-2-1-8-15(18)20/h1-3,6-9H,4-5,10-11,17H2. The lowest BCUT2D eigenvalue weighted by atomic mass is 10.00. The average Bonchev–Trinajstić information content (AvgIpc) is 2.49. The summed E-state index contributed by atoms with van der Waals surface area (Å²) >= 11 is 0. The van der Waals surface area contributed by atoms with Gasteiger partial charge in [0.05, 0.1) is 0 Å². The summed E-state index contributed by atoms with van der Waals surface area (Å²) < 4.78 is 1.42. The van der Waals surface area contributed by atoms with Crippen molar-refractivity contribution in [1.82, 2.24) is 4.57 Å². The van der Waals surface area contributed by atoms with Crippen LogP contribution in [-0.4, -0.2) is 17.0 Å². The molecule has 3 rings (SSSR count). The third-order valence-electron chi connectivity index (χ3n) is 3.79. The molecule has 0 bridgehead atoms. The van der Waals surface area contributed by atoms with Crippen molar-refractivity contribution >= 4 is 17.3 Å². The minimum atomic E-state index is -0.171. The summed E-state index contributed by atoms with van der Waals surface area (Å²) in [6.45, 7) is 0.713. The number of aromatic nitrogens is 1. The van der Waals surface area contributed by atoms with Crippen LogP contribution in [0.2, 0.25) is 0 Å². The number of hydrogen-bond donors (Lipinski definition) is 1. The highest BCUT2D eigenvalue weighted by Crippen LogP contribution is 2.31. The first-order chi connectivity index (χ1) is 10.2. The number of carbonyl (C=O) groups is 1. The first-order valence-corrected chi connectivity index (χ1v) is 7.00. The van der Waals surface area contributed by atoms with Gasteiger partial charge in [-0.2, -0.15) is 0 Å². The molecule has 2 aromatic rings. The van der Waals surface area contributed by atoms with E-state index in [4.69, 9.17) is 5.73 Å². The lowest BCUT2D eigenvalue weighted by Gasteiger charge is -2.30. The van der Waals surface area contributed by atoms with E-state index >= 15 is 0 Å². The van der Waals surface area contributed by atoms with Gasteiger partial charge < -0.3 is 15.2 Å². The summed E-state index contributed by atoms with van der Waals surface area (Å²) in [5.41, 5.74) is 8.44. The summed E-state index contributed by atoms with van der Waals surface area (Å²) in [5, 5.41) is 0. The molecule has 0 spiro atoms. The van der Waals surface area contributed by atoms with Gasteiger partial charge in [-0.05, 0) is 36.6 Å². The number of rotatable bonds is 2. The number of benzene rings is 1. The molecule has 0 saturated carbocycles. The van der Waals surface area contributed by atoms with E-state index < -0.39 is 0 Å². The van der Waals surface area contributed by atoms with Crippen molar-refractivity contribution in [1.29, 1.82) is 0 Å². The Morgan fingerprint density at radius 1 is 1.19 bits per heavy atom. The van der Waals surface area contributed by atoms with Crippen LogP contribution < -0.4 is 16.2 Å². The van der Waals surface area contributed by atoms with Crippen LogP contribution in [0.1, 0.15) is 12.0 Å². The summed E-state index contributed by atoms with van der Waals surface area (Å²) in [5.74, 6) is -0.0881. The van der Waals surface area contributed by atoms with Gasteiger partial charge >= 0.3 is 0 Å². The van der Waals surface area contributed by atoms with Crippen molar-refractivity contribution in [2.75, 3.05) is 17.2 Å². The van der Waals surface area contributed by atoms with E-state index in [-0.39, 0.29) is 18.0 Å². The smallest absolute Gasteiger partial charge is 0.250 e. The molecule has 0 aliphatic carbocycles. The van der Waals surface area contributed by atoms with E-state index in [0.717, 1.165) is 29.8 Å². The van der Waals surface area contributed by atoms with E-state index in [2.05, 4.69) is 0 Å². The number of anilines is 2. The molecule has 1 amide bonds. The Hall–Kier alpha value is -2.56. The highest BCUT2D eigenvalue weighted by molar-refractivity contribution is 5.95. The molecule has 5 nitrogen and oxygen atoms in total. The van der Waals surface area contributed by atoms with Gasteiger partial charge in [0.15, 0.2) is 0 Å². The highest BCUT2D eigenvalue weighted by atomic mass is 16.2. The minimum Gasteiger partial charge on any atom is -0.398 e. The molecule has 2 N–H and O–H groups in total. The Morgan fingerprint density at radius 2 is 2.05 bits per heavy atom. The van der Waals surface area contributed by atoms with Gasteiger partial charge in [0, 0.05) is 30.2 Å². The Balaban J connectivity index is 1.89. The Labute approximate surface area is 122 Å². The predicted molar refractivity (Wildman–Crippen MR) is 82.2 cm³/mol. The SMILES string of the molecule is Nc1cccc2c1CCCN2C(=O)Cn1ccccc1=O. The highest BCUT2D eigenvalue weighted by Gasteiger charge is 2.23. The van der Waals surface area contributed by atoms with Gasteiger partial charge in [-0.3, -0.25) is 9.59 Å².